The summed E-state index contributed by atoms with van der Waals surface area (Å²) in [7, 11) is 0. The summed E-state index contributed by atoms with van der Waals surface area (Å²) in [6, 6.07) is 13.5. The van der Waals surface area contributed by atoms with Crippen LogP contribution in [-0.4, -0.2) is 21.9 Å². The number of amides is 3. The number of hydrogen-bond donors (Lipinski definition) is 1. The highest BCUT2D eigenvalue weighted by Crippen LogP contribution is 2.42. The molecule has 0 bridgehead atoms. The van der Waals surface area contributed by atoms with E-state index >= 15 is 0 Å². The number of halogens is 3. The molecule has 0 aliphatic carbocycles. The zero-order valence-electron chi connectivity index (χ0n) is 20.8. The van der Waals surface area contributed by atoms with Crippen LogP contribution < -0.4 is 9.64 Å². The number of anilines is 1. The summed E-state index contributed by atoms with van der Waals surface area (Å²) >= 11 is 4.37. The number of benzene rings is 3. The zero-order valence-corrected chi connectivity index (χ0v) is 21.7. The number of non-ortho nitro benzene ring substituents is 1. The van der Waals surface area contributed by atoms with Crippen LogP contribution in [0.3, 0.4) is 0 Å². The maximum Gasteiger partial charge on any atom is 0.424 e. The first-order valence-corrected chi connectivity index (χ1v) is 11.9. The Morgan fingerprint density at radius 1 is 1.07 bits per heavy atom. The van der Waals surface area contributed by atoms with E-state index in [9.17, 15) is 43.4 Å². The summed E-state index contributed by atoms with van der Waals surface area (Å²) in [5.41, 5.74) is -1.53. The third kappa shape index (κ3) is 5.54. The smallest absolute Gasteiger partial charge is 0.410 e. The number of thiol groups is 1. The Hall–Kier alpha value is -5.34. The van der Waals surface area contributed by atoms with Gasteiger partial charge in [0, 0.05) is 22.7 Å². The number of ether oxygens (including phenoxy) is 1. The Bertz CT molecular complexity index is 1690. The van der Waals surface area contributed by atoms with Gasteiger partial charge in [-0.05, 0) is 55.0 Å². The van der Waals surface area contributed by atoms with Crippen molar-refractivity contribution in [1.82, 2.24) is 4.90 Å². The van der Waals surface area contributed by atoms with Crippen LogP contribution in [0.1, 0.15) is 29.7 Å². The molecule has 0 aromatic heterocycles. The van der Waals surface area contributed by atoms with Crippen molar-refractivity contribution < 1.29 is 32.4 Å². The van der Waals surface area contributed by atoms with E-state index in [1.165, 1.54) is 31.2 Å². The maximum atomic E-state index is 13.9. The van der Waals surface area contributed by atoms with Crippen molar-refractivity contribution in [2.24, 2.45) is 0 Å². The lowest BCUT2D eigenvalue weighted by Crippen LogP contribution is -2.53. The summed E-state index contributed by atoms with van der Waals surface area (Å²) in [4.78, 5) is 39.2. The Labute approximate surface area is 235 Å². The SMILES string of the molecule is CC1=C(C#N)[C@@H](c2ccc(C#N)cc2S)N(C(=O)Oc2ccc([N+](=O)[O-])cc2)C(=O)N1c1cccc(C(F)(F)F)c1. The van der Waals surface area contributed by atoms with Crippen molar-refractivity contribution in [3.8, 4) is 17.9 Å². The number of nitriles is 2. The lowest BCUT2D eigenvalue weighted by Gasteiger charge is -2.40. The van der Waals surface area contributed by atoms with Crippen molar-refractivity contribution in [3.05, 3.63) is 105 Å². The van der Waals surface area contributed by atoms with Crippen LogP contribution >= 0.6 is 12.6 Å². The molecule has 3 aromatic carbocycles. The normalized spacial score (nSPS) is 15.3. The van der Waals surface area contributed by atoms with Gasteiger partial charge in [-0.15, -0.1) is 12.6 Å². The molecule has 0 saturated heterocycles. The van der Waals surface area contributed by atoms with Gasteiger partial charge < -0.3 is 4.74 Å². The molecule has 0 spiro atoms. The van der Waals surface area contributed by atoms with Gasteiger partial charge in [0.25, 0.3) is 5.69 Å². The molecule has 1 atom stereocenters. The van der Waals surface area contributed by atoms with Crippen LogP contribution in [0.2, 0.25) is 0 Å². The minimum absolute atomic E-state index is 0.0571. The minimum atomic E-state index is -4.75. The summed E-state index contributed by atoms with van der Waals surface area (Å²) in [5.74, 6) is -0.187. The number of carbonyl (C=O) groups is 2. The van der Waals surface area contributed by atoms with E-state index in [1.54, 1.807) is 0 Å². The van der Waals surface area contributed by atoms with Crippen molar-refractivity contribution in [1.29, 1.82) is 10.5 Å². The Morgan fingerprint density at radius 3 is 2.32 bits per heavy atom. The van der Waals surface area contributed by atoms with E-state index in [0.717, 1.165) is 41.3 Å². The third-order valence-corrected chi connectivity index (χ3v) is 6.50. The molecule has 3 amide bonds. The number of nitro benzene ring substituents is 1. The van der Waals surface area contributed by atoms with Gasteiger partial charge in [-0.25, -0.2) is 14.5 Å². The van der Waals surface area contributed by atoms with Gasteiger partial charge >= 0.3 is 18.3 Å². The number of alkyl halides is 3. The summed E-state index contributed by atoms with van der Waals surface area (Å²) in [6.07, 6.45) is -6.08. The highest BCUT2D eigenvalue weighted by atomic mass is 32.1. The molecule has 1 heterocycles. The number of nitrogens with zero attached hydrogens (tertiary/aromatic N) is 5. The Balaban J connectivity index is 1.89. The molecule has 3 aromatic rings. The van der Waals surface area contributed by atoms with Crippen LogP contribution in [0.4, 0.5) is 34.1 Å². The van der Waals surface area contributed by atoms with Gasteiger partial charge in [-0.1, -0.05) is 12.1 Å². The molecule has 0 unspecified atom stereocenters. The first-order valence-electron chi connectivity index (χ1n) is 11.5. The number of nitro groups is 1. The molecule has 0 saturated carbocycles. The van der Waals surface area contributed by atoms with E-state index in [1.807, 2.05) is 12.1 Å². The molecule has 206 valence electrons. The molecule has 0 N–H and O–H groups in total. The van der Waals surface area contributed by atoms with Gasteiger partial charge in [0.05, 0.1) is 39.4 Å². The monoisotopic (exact) mass is 579 g/mol. The third-order valence-electron chi connectivity index (χ3n) is 6.11. The lowest BCUT2D eigenvalue weighted by atomic mass is 9.93. The number of hydrogen-bond acceptors (Lipinski definition) is 8. The summed E-state index contributed by atoms with van der Waals surface area (Å²) in [5, 5.41) is 30.3. The fourth-order valence-corrected chi connectivity index (χ4v) is 4.52. The first kappa shape index (κ1) is 28.7. The average Bonchev–Trinajstić information content (AvgIpc) is 2.92. The maximum absolute atomic E-state index is 13.9. The van der Waals surface area contributed by atoms with Crippen LogP contribution in [-0.2, 0) is 6.18 Å². The number of imide groups is 1. The van der Waals surface area contributed by atoms with E-state index in [-0.39, 0.29) is 44.4 Å². The molecule has 0 fully saturated rings. The predicted molar refractivity (Wildman–Crippen MR) is 140 cm³/mol. The fraction of sp³-hybridized carbons (Fsp3) is 0.111. The fourth-order valence-electron chi connectivity index (χ4n) is 4.18. The van der Waals surface area contributed by atoms with Crippen molar-refractivity contribution >= 4 is 36.1 Å². The van der Waals surface area contributed by atoms with E-state index in [4.69, 9.17) is 4.74 Å². The van der Waals surface area contributed by atoms with Crippen LogP contribution in [0, 0.1) is 32.8 Å². The standard InChI is InChI=1S/C27H16F3N5O5S/c1-15-22(14-32)24(21-10-5-16(13-31)11-23(21)41)34(26(37)40-20-8-6-18(7-9-20)35(38)39)25(36)33(15)19-4-2-3-17(12-19)27(28,29)30/h2-12,24,41H,1H3/t24-/m1/s1. The molecular formula is C27H16F3N5O5S. The summed E-state index contributed by atoms with van der Waals surface area (Å²) < 4.78 is 45.7. The quantitative estimate of drug-likeness (QED) is 0.205. The van der Waals surface area contributed by atoms with Crippen LogP contribution in [0.25, 0.3) is 0 Å². The molecule has 1 aliphatic rings. The molecule has 4 rings (SSSR count). The number of rotatable bonds is 4. The van der Waals surface area contributed by atoms with Gasteiger partial charge in [0.2, 0.25) is 0 Å². The van der Waals surface area contributed by atoms with E-state index < -0.39 is 34.8 Å². The predicted octanol–water partition coefficient (Wildman–Crippen LogP) is 6.75. The molecular weight excluding hydrogens is 563 g/mol. The highest BCUT2D eigenvalue weighted by Gasteiger charge is 2.45. The van der Waals surface area contributed by atoms with Crippen molar-refractivity contribution in [2.45, 2.75) is 24.0 Å². The van der Waals surface area contributed by atoms with Crippen molar-refractivity contribution in [3.63, 3.8) is 0 Å². The molecule has 0 radical (unpaired) electrons. The topological polar surface area (TPSA) is 141 Å². The second-order valence-electron chi connectivity index (χ2n) is 8.55. The molecule has 14 heteroatoms. The van der Waals surface area contributed by atoms with E-state index in [2.05, 4.69) is 12.6 Å². The highest BCUT2D eigenvalue weighted by molar-refractivity contribution is 7.80. The zero-order chi connectivity index (χ0) is 30.1. The van der Waals surface area contributed by atoms with Crippen molar-refractivity contribution in [2.75, 3.05) is 4.90 Å². The van der Waals surface area contributed by atoms with E-state index in [0.29, 0.717) is 11.0 Å². The molecule has 41 heavy (non-hydrogen) atoms. The minimum Gasteiger partial charge on any atom is -0.410 e. The van der Waals surface area contributed by atoms with Gasteiger partial charge in [0.15, 0.2) is 0 Å². The second-order valence-corrected chi connectivity index (χ2v) is 9.04. The van der Waals surface area contributed by atoms with Gasteiger partial charge in [-0.3, -0.25) is 15.0 Å². The van der Waals surface area contributed by atoms with Gasteiger partial charge in [0.1, 0.15) is 11.8 Å². The first-order chi connectivity index (χ1) is 19.4. The van der Waals surface area contributed by atoms with Crippen LogP contribution in [0.15, 0.2) is 82.9 Å². The Kier molecular flexibility index (Phi) is 7.71. The lowest BCUT2D eigenvalue weighted by molar-refractivity contribution is -0.384. The summed E-state index contributed by atoms with van der Waals surface area (Å²) in [6.45, 7) is 1.34. The number of allylic oxidation sites excluding steroid dienone is 1. The average molecular weight is 580 g/mol. The van der Waals surface area contributed by atoms with Gasteiger partial charge in [-0.2, -0.15) is 23.7 Å². The number of carbonyl (C=O) groups excluding carboxylic acids is 2. The van der Waals surface area contributed by atoms with Crippen LogP contribution in [0.5, 0.6) is 5.75 Å². The Morgan fingerprint density at radius 2 is 1.76 bits per heavy atom. The second kappa shape index (κ2) is 11.0. The largest absolute Gasteiger partial charge is 0.424 e. The molecule has 1 aliphatic heterocycles. The molecule has 10 nitrogen and oxygen atoms in total. The number of urea groups is 1.